The summed E-state index contributed by atoms with van der Waals surface area (Å²) in [6.45, 7) is 4.64. The molecule has 0 aromatic heterocycles. The van der Waals surface area contributed by atoms with Gasteiger partial charge in [-0.05, 0) is 30.9 Å². The van der Waals surface area contributed by atoms with E-state index >= 15 is 0 Å². The highest BCUT2D eigenvalue weighted by Crippen LogP contribution is 2.33. The molecule has 3 N–H and O–H groups in total. The molecule has 1 aromatic rings. The van der Waals surface area contributed by atoms with Gasteiger partial charge in [0, 0.05) is 12.6 Å². The van der Waals surface area contributed by atoms with E-state index in [2.05, 4.69) is 5.43 Å². The van der Waals surface area contributed by atoms with Crippen LogP contribution in [-0.4, -0.2) is 28.3 Å². The Labute approximate surface area is 123 Å². The van der Waals surface area contributed by atoms with Crippen LogP contribution in [0.2, 0.25) is 0 Å². The topological polar surface area (TPSA) is 102 Å². The van der Waals surface area contributed by atoms with Crippen molar-refractivity contribution in [1.82, 2.24) is 4.90 Å². The monoisotopic (exact) mass is 292 g/mol. The SMILES string of the molecule is CC(C)CN(C(=O)c1cccc(NN)c1[N+](=O)[O-])C1CC1. The van der Waals surface area contributed by atoms with Crippen molar-refractivity contribution in [3.63, 3.8) is 0 Å². The Hall–Kier alpha value is -2.15. The number of rotatable bonds is 6. The maximum absolute atomic E-state index is 12.7. The zero-order chi connectivity index (χ0) is 15.6. The highest BCUT2D eigenvalue weighted by Gasteiger charge is 2.36. The number of nitro groups is 1. The number of anilines is 1. The Kier molecular flexibility index (Phi) is 4.42. The number of para-hydroxylation sites is 1. The Balaban J connectivity index is 2.39. The first-order valence-electron chi connectivity index (χ1n) is 7.00. The average molecular weight is 292 g/mol. The van der Waals surface area contributed by atoms with E-state index in [0.29, 0.717) is 12.5 Å². The van der Waals surface area contributed by atoms with Gasteiger partial charge in [0.2, 0.25) is 0 Å². The molecule has 1 saturated carbocycles. The zero-order valence-electron chi connectivity index (χ0n) is 12.2. The molecule has 0 radical (unpaired) electrons. The van der Waals surface area contributed by atoms with E-state index < -0.39 is 4.92 Å². The number of hydrogen-bond donors (Lipinski definition) is 2. The lowest BCUT2D eigenvalue weighted by molar-refractivity contribution is -0.384. The smallest absolute Gasteiger partial charge is 0.306 e. The molecular formula is C14H20N4O3. The second-order valence-electron chi connectivity index (χ2n) is 5.69. The van der Waals surface area contributed by atoms with Crippen molar-refractivity contribution in [3.05, 3.63) is 33.9 Å². The predicted molar refractivity (Wildman–Crippen MR) is 79.8 cm³/mol. The molecular weight excluding hydrogens is 272 g/mol. The molecule has 0 spiro atoms. The first-order valence-corrected chi connectivity index (χ1v) is 7.00. The van der Waals surface area contributed by atoms with Gasteiger partial charge in [0.15, 0.2) is 0 Å². The summed E-state index contributed by atoms with van der Waals surface area (Å²) in [4.78, 5) is 25.2. The van der Waals surface area contributed by atoms with Crippen LogP contribution in [0.25, 0.3) is 0 Å². The minimum absolute atomic E-state index is 0.0861. The van der Waals surface area contributed by atoms with E-state index in [1.807, 2.05) is 13.8 Å². The lowest BCUT2D eigenvalue weighted by Crippen LogP contribution is -2.36. The van der Waals surface area contributed by atoms with E-state index in [1.54, 1.807) is 11.0 Å². The van der Waals surface area contributed by atoms with Gasteiger partial charge < -0.3 is 10.3 Å². The fourth-order valence-electron chi connectivity index (χ4n) is 2.36. The van der Waals surface area contributed by atoms with Crippen molar-refractivity contribution >= 4 is 17.3 Å². The Morgan fingerprint density at radius 3 is 2.67 bits per heavy atom. The summed E-state index contributed by atoms with van der Waals surface area (Å²) in [7, 11) is 0. The predicted octanol–water partition coefficient (Wildman–Crippen LogP) is 2.14. The molecule has 7 nitrogen and oxygen atoms in total. The molecule has 0 bridgehead atoms. The van der Waals surface area contributed by atoms with E-state index in [9.17, 15) is 14.9 Å². The van der Waals surface area contributed by atoms with Gasteiger partial charge in [-0.25, -0.2) is 0 Å². The van der Waals surface area contributed by atoms with E-state index in [4.69, 9.17) is 5.84 Å². The number of nitrogens with two attached hydrogens (primary N) is 1. The second kappa shape index (κ2) is 6.09. The first kappa shape index (κ1) is 15.2. The Morgan fingerprint density at radius 2 is 2.19 bits per heavy atom. The van der Waals surface area contributed by atoms with Crippen molar-refractivity contribution < 1.29 is 9.72 Å². The lowest BCUT2D eigenvalue weighted by atomic mass is 10.1. The third-order valence-electron chi connectivity index (χ3n) is 3.41. The molecule has 1 fully saturated rings. The normalized spacial score (nSPS) is 14.1. The fourth-order valence-corrected chi connectivity index (χ4v) is 2.36. The molecule has 7 heteroatoms. The molecule has 1 aliphatic rings. The van der Waals surface area contributed by atoms with Gasteiger partial charge in [-0.1, -0.05) is 19.9 Å². The van der Waals surface area contributed by atoms with Crippen LogP contribution in [0.15, 0.2) is 18.2 Å². The molecule has 0 aliphatic heterocycles. The lowest BCUT2D eigenvalue weighted by Gasteiger charge is -2.24. The van der Waals surface area contributed by atoms with Gasteiger partial charge in [-0.15, -0.1) is 0 Å². The number of hydrogen-bond acceptors (Lipinski definition) is 5. The van der Waals surface area contributed by atoms with Crippen LogP contribution in [0, 0.1) is 16.0 Å². The molecule has 114 valence electrons. The van der Waals surface area contributed by atoms with Gasteiger partial charge in [0.25, 0.3) is 5.91 Å². The van der Waals surface area contributed by atoms with Crippen molar-refractivity contribution in [3.8, 4) is 0 Å². The first-order chi connectivity index (χ1) is 9.95. The van der Waals surface area contributed by atoms with Crippen LogP contribution in [-0.2, 0) is 0 Å². The quantitative estimate of drug-likeness (QED) is 0.475. The maximum Gasteiger partial charge on any atom is 0.306 e. The Bertz CT molecular complexity index is 555. The van der Waals surface area contributed by atoms with Gasteiger partial charge >= 0.3 is 5.69 Å². The summed E-state index contributed by atoms with van der Waals surface area (Å²) in [6, 6.07) is 4.76. The average Bonchev–Trinajstić information content (AvgIpc) is 3.27. The van der Waals surface area contributed by atoms with Crippen LogP contribution in [0.1, 0.15) is 37.0 Å². The second-order valence-corrected chi connectivity index (χ2v) is 5.69. The zero-order valence-corrected chi connectivity index (χ0v) is 12.2. The summed E-state index contributed by atoms with van der Waals surface area (Å²) in [5, 5.41) is 11.3. The van der Waals surface area contributed by atoms with E-state index in [-0.39, 0.29) is 28.9 Å². The minimum atomic E-state index is -0.567. The molecule has 0 heterocycles. The third kappa shape index (κ3) is 3.30. The van der Waals surface area contributed by atoms with E-state index in [1.165, 1.54) is 12.1 Å². The van der Waals surface area contributed by atoms with Crippen molar-refractivity contribution in [2.75, 3.05) is 12.0 Å². The van der Waals surface area contributed by atoms with Crippen molar-refractivity contribution in [1.29, 1.82) is 0 Å². The molecule has 2 rings (SSSR count). The van der Waals surface area contributed by atoms with Crippen molar-refractivity contribution in [2.45, 2.75) is 32.7 Å². The fraction of sp³-hybridized carbons (Fsp3) is 0.500. The molecule has 1 amide bonds. The van der Waals surface area contributed by atoms with E-state index in [0.717, 1.165) is 12.8 Å². The van der Waals surface area contributed by atoms with Gasteiger partial charge in [0.1, 0.15) is 11.3 Å². The molecule has 0 saturated heterocycles. The van der Waals surface area contributed by atoms with Crippen LogP contribution in [0.3, 0.4) is 0 Å². The molecule has 1 aliphatic carbocycles. The van der Waals surface area contributed by atoms with Crippen LogP contribution < -0.4 is 11.3 Å². The number of amides is 1. The highest BCUT2D eigenvalue weighted by molar-refractivity contribution is 6.00. The summed E-state index contributed by atoms with van der Waals surface area (Å²) in [6.07, 6.45) is 1.92. The van der Waals surface area contributed by atoms with Gasteiger partial charge in [-0.2, -0.15) is 0 Å². The van der Waals surface area contributed by atoms with Gasteiger partial charge in [-0.3, -0.25) is 20.8 Å². The molecule has 0 unspecified atom stereocenters. The molecule has 0 atom stereocenters. The number of hydrazine groups is 1. The number of nitro benzene ring substituents is 1. The summed E-state index contributed by atoms with van der Waals surface area (Å²) < 4.78 is 0. The summed E-state index contributed by atoms with van der Waals surface area (Å²) in [5.41, 5.74) is 2.25. The summed E-state index contributed by atoms with van der Waals surface area (Å²) in [5.74, 6) is 5.32. The largest absolute Gasteiger partial charge is 0.335 e. The molecule has 1 aromatic carbocycles. The van der Waals surface area contributed by atoms with Crippen LogP contribution >= 0.6 is 0 Å². The third-order valence-corrected chi connectivity index (χ3v) is 3.41. The number of benzene rings is 1. The summed E-state index contributed by atoms with van der Waals surface area (Å²) >= 11 is 0. The number of nitrogens with one attached hydrogen (secondary N) is 1. The Morgan fingerprint density at radius 1 is 1.52 bits per heavy atom. The minimum Gasteiger partial charge on any atom is -0.335 e. The number of carbonyl (C=O) groups excluding carboxylic acids is 1. The maximum atomic E-state index is 12.7. The number of nitrogen functional groups attached to an aromatic ring is 1. The number of carbonyl (C=O) groups is 1. The van der Waals surface area contributed by atoms with Crippen LogP contribution in [0.5, 0.6) is 0 Å². The van der Waals surface area contributed by atoms with Crippen molar-refractivity contribution in [2.24, 2.45) is 11.8 Å². The highest BCUT2D eigenvalue weighted by atomic mass is 16.6. The molecule has 21 heavy (non-hydrogen) atoms. The standard InChI is InChI=1S/C14H20N4O3/c1-9(2)8-17(10-6-7-10)14(19)11-4-3-5-12(16-15)13(11)18(20)21/h3-5,9-10,16H,6-8,15H2,1-2H3. The van der Waals surface area contributed by atoms with Crippen LogP contribution in [0.4, 0.5) is 11.4 Å². The van der Waals surface area contributed by atoms with Gasteiger partial charge in [0.05, 0.1) is 4.92 Å². The number of nitrogens with zero attached hydrogens (tertiary/aromatic N) is 2.